The van der Waals surface area contributed by atoms with Crippen LogP contribution in [0.5, 0.6) is 11.5 Å². The molecule has 9 heteroatoms. The van der Waals surface area contributed by atoms with Gasteiger partial charge >= 0.3 is 0 Å². The monoisotopic (exact) mass is 444 g/mol. The molecule has 0 radical (unpaired) electrons. The molecule has 3 aromatic rings. The minimum absolute atomic E-state index is 0.359. The highest BCUT2D eigenvalue weighted by Crippen LogP contribution is 2.46. The molecule has 0 aliphatic carbocycles. The predicted molar refractivity (Wildman–Crippen MR) is 118 cm³/mol. The Hall–Kier alpha value is -3.21. The number of anilines is 1. The van der Waals surface area contributed by atoms with Gasteiger partial charge in [-0.1, -0.05) is 29.3 Å². The molecule has 0 aliphatic heterocycles. The van der Waals surface area contributed by atoms with Gasteiger partial charge in [0.25, 0.3) is 5.91 Å². The Morgan fingerprint density at radius 3 is 2.47 bits per heavy atom. The summed E-state index contributed by atoms with van der Waals surface area (Å²) in [5, 5.41) is 7.15. The molecule has 0 saturated carbocycles. The van der Waals surface area contributed by atoms with E-state index in [2.05, 4.69) is 20.6 Å². The van der Waals surface area contributed by atoms with Crippen LogP contribution in [0.2, 0.25) is 10.0 Å². The van der Waals surface area contributed by atoms with E-state index >= 15 is 0 Å². The molecular weight excluding hydrogens is 427 g/mol. The SMILES string of the molecule is C#CC(=O)NCCNc1ncc2cc(-c3c(Cl)c(OC)cc(OC)c3Cl)ccc2n1. The number of carbonyl (C=O) groups is 1. The highest BCUT2D eigenvalue weighted by atomic mass is 35.5. The second-order valence-corrected chi connectivity index (χ2v) is 6.83. The van der Waals surface area contributed by atoms with E-state index in [1.165, 1.54) is 14.2 Å². The lowest BCUT2D eigenvalue weighted by molar-refractivity contribution is -0.115. The van der Waals surface area contributed by atoms with Gasteiger partial charge < -0.3 is 20.1 Å². The summed E-state index contributed by atoms with van der Waals surface area (Å²) in [6.07, 6.45) is 6.68. The molecule has 3 rings (SSSR count). The second kappa shape index (κ2) is 9.53. The molecule has 0 unspecified atom stereocenters. The summed E-state index contributed by atoms with van der Waals surface area (Å²) < 4.78 is 10.7. The van der Waals surface area contributed by atoms with Gasteiger partial charge in [-0.25, -0.2) is 9.97 Å². The van der Waals surface area contributed by atoms with Gasteiger partial charge in [0.15, 0.2) is 0 Å². The molecule has 0 bridgehead atoms. The van der Waals surface area contributed by atoms with Crippen LogP contribution in [0.1, 0.15) is 0 Å². The summed E-state index contributed by atoms with van der Waals surface area (Å²) in [5.41, 5.74) is 2.10. The van der Waals surface area contributed by atoms with E-state index in [-0.39, 0.29) is 0 Å². The molecule has 154 valence electrons. The zero-order valence-electron chi connectivity index (χ0n) is 16.3. The smallest absolute Gasteiger partial charge is 0.295 e. The zero-order valence-corrected chi connectivity index (χ0v) is 17.8. The first kappa shape index (κ1) is 21.5. The number of hydrogen-bond donors (Lipinski definition) is 2. The highest BCUT2D eigenvalue weighted by molar-refractivity contribution is 6.41. The van der Waals surface area contributed by atoms with E-state index in [4.69, 9.17) is 39.1 Å². The fourth-order valence-corrected chi connectivity index (χ4v) is 3.53. The van der Waals surface area contributed by atoms with Crippen LogP contribution in [-0.2, 0) is 4.79 Å². The second-order valence-electron chi connectivity index (χ2n) is 6.08. The van der Waals surface area contributed by atoms with Crippen LogP contribution in [0, 0.1) is 12.3 Å². The van der Waals surface area contributed by atoms with E-state index in [1.807, 2.05) is 24.1 Å². The van der Waals surface area contributed by atoms with Crippen molar-refractivity contribution in [2.45, 2.75) is 0 Å². The number of nitrogens with zero attached hydrogens (tertiary/aromatic N) is 2. The van der Waals surface area contributed by atoms with Gasteiger partial charge in [0.2, 0.25) is 5.95 Å². The predicted octanol–water partition coefficient (Wildman–Crippen LogP) is 3.78. The molecule has 7 nitrogen and oxygen atoms in total. The van der Waals surface area contributed by atoms with Crippen LogP contribution in [0.25, 0.3) is 22.0 Å². The number of methoxy groups -OCH3 is 2. The third-order valence-electron chi connectivity index (χ3n) is 4.27. The summed E-state index contributed by atoms with van der Waals surface area (Å²) in [4.78, 5) is 19.8. The van der Waals surface area contributed by atoms with Gasteiger partial charge in [-0.05, 0) is 23.6 Å². The third-order valence-corrected chi connectivity index (χ3v) is 5.02. The van der Waals surface area contributed by atoms with Crippen LogP contribution >= 0.6 is 23.2 Å². The number of halogens is 2. The van der Waals surface area contributed by atoms with Crippen molar-refractivity contribution in [2.24, 2.45) is 0 Å². The number of hydrogen-bond acceptors (Lipinski definition) is 6. The fraction of sp³-hybridized carbons (Fsp3) is 0.190. The van der Waals surface area contributed by atoms with Crippen molar-refractivity contribution in [1.29, 1.82) is 0 Å². The first-order valence-corrected chi connectivity index (χ1v) is 9.59. The molecule has 0 spiro atoms. The normalized spacial score (nSPS) is 10.4. The number of nitrogens with one attached hydrogen (secondary N) is 2. The van der Waals surface area contributed by atoms with Crippen molar-refractivity contribution in [3.63, 3.8) is 0 Å². The standard InChI is InChI=1S/C21H18Cl2N4O3/c1-4-17(28)24-7-8-25-21-26-11-13-9-12(5-6-14(13)27-21)18-19(22)15(29-2)10-16(30-3)20(18)23/h1,5-6,9-11H,7-8H2,2-3H3,(H,24,28)(H,25,26,27). The largest absolute Gasteiger partial charge is 0.495 e. The van der Waals surface area contributed by atoms with Crippen molar-refractivity contribution in [1.82, 2.24) is 15.3 Å². The third kappa shape index (κ3) is 4.51. The van der Waals surface area contributed by atoms with Gasteiger partial charge in [0, 0.05) is 36.3 Å². The van der Waals surface area contributed by atoms with Crippen molar-refractivity contribution in [3.8, 4) is 35.0 Å². The highest BCUT2D eigenvalue weighted by Gasteiger charge is 2.19. The minimum atomic E-state index is -0.463. The van der Waals surface area contributed by atoms with E-state index in [0.29, 0.717) is 46.1 Å². The number of benzene rings is 2. The van der Waals surface area contributed by atoms with Gasteiger partial charge in [-0.2, -0.15) is 0 Å². The number of ether oxygens (including phenoxy) is 2. The van der Waals surface area contributed by atoms with Crippen LogP contribution in [0.15, 0.2) is 30.5 Å². The van der Waals surface area contributed by atoms with E-state index < -0.39 is 5.91 Å². The topological polar surface area (TPSA) is 85.4 Å². The lowest BCUT2D eigenvalue weighted by atomic mass is 10.0. The van der Waals surface area contributed by atoms with Crippen molar-refractivity contribution >= 4 is 46.0 Å². The van der Waals surface area contributed by atoms with Crippen molar-refractivity contribution < 1.29 is 14.3 Å². The maximum atomic E-state index is 11.0. The Labute approximate surface area is 183 Å². The Morgan fingerprint density at radius 2 is 1.83 bits per heavy atom. The van der Waals surface area contributed by atoms with Gasteiger partial charge in [0.1, 0.15) is 11.5 Å². The van der Waals surface area contributed by atoms with E-state index in [1.54, 1.807) is 12.3 Å². The summed E-state index contributed by atoms with van der Waals surface area (Å²) in [5.74, 6) is 2.88. The minimum Gasteiger partial charge on any atom is -0.495 e. The summed E-state index contributed by atoms with van der Waals surface area (Å²) in [7, 11) is 3.05. The van der Waals surface area contributed by atoms with Gasteiger partial charge in [0.05, 0.1) is 29.8 Å². The summed E-state index contributed by atoms with van der Waals surface area (Å²) >= 11 is 13.0. The Morgan fingerprint density at radius 1 is 1.13 bits per heavy atom. The maximum Gasteiger partial charge on any atom is 0.295 e. The van der Waals surface area contributed by atoms with E-state index in [0.717, 1.165) is 16.5 Å². The Bertz CT molecular complexity index is 1120. The molecule has 0 saturated heterocycles. The molecule has 30 heavy (non-hydrogen) atoms. The number of terminal acetylenes is 1. The molecule has 0 fully saturated rings. The molecule has 2 N–H and O–H groups in total. The Balaban J connectivity index is 1.88. The molecule has 1 aromatic heterocycles. The lowest BCUT2D eigenvalue weighted by Crippen LogP contribution is -2.27. The average molecular weight is 445 g/mol. The lowest BCUT2D eigenvalue weighted by Gasteiger charge is -2.15. The zero-order chi connectivity index (χ0) is 21.7. The number of rotatable bonds is 7. The van der Waals surface area contributed by atoms with Crippen molar-refractivity contribution in [3.05, 3.63) is 40.5 Å². The molecule has 2 aromatic carbocycles. The van der Waals surface area contributed by atoms with E-state index in [9.17, 15) is 4.79 Å². The van der Waals surface area contributed by atoms with Crippen LogP contribution in [0.3, 0.4) is 0 Å². The molecule has 0 atom stereocenters. The molecule has 0 aliphatic rings. The average Bonchev–Trinajstić information content (AvgIpc) is 2.76. The number of aromatic nitrogens is 2. The first-order chi connectivity index (χ1) is 14.5. The van der Waals surface area contributed by atoms with Crippen molar-refractivity contribution in [2.75, 3.05) is 32.6 Å². The number of amides is 1. The van der Waals surface area contributed by atoms with Crippen LogP contribution in [-0.4, -0.2) is 43.2 Å². The Kier molecular flexibility index (Phi) is 6.83. The quantitative estimate of drug-likeness (QED) is 0.425. The fourth-order valence-electron chi connectivity index (χ4n) is 2.81. The molecule has 1 heterocycles. The molecule has 1 amide bonds. The van der Waals surface area contributed by atoms with Crippen LogP contribution < -0.4 is 20.1 Å². The number of fused-ring (bicyclic) bond motifs is 1. The number of carbonyl (C=O) groups excluding carboxylic acids is 1. The maximum absolute atomic E-state index is 11.0. The summed E-state index contributed by atoms with van der Waals surface area (Å²) in [6.45, 7) is 0.796. The van der Waals surface area contributed by atoms with Gasteiger partial charge in [-0.15, -0.1) is 6.42 Å². The molecular formula is C21H18Cl2N4O3. The first-order valence-electron chi connectivity index (χ1n) is 8.84. The summed E-state index contributed by atoms with van der Waals surface area (Å²) in [6, 6.07) is 7.23. The van der Waals surface area contributed by atoms with Crippen LogP contribution in [0.4, 0.5) is 5.95 Å². The van der Waals surface area contributed by atoms with Gasteiger partial charge in [-0.3, -0.25) is 4.79 Å².